The van der Waals surface area contributed by atoms with E-state index >= 15 is 0 Å². The molecule has 21 heavy (non-hydrogen) atoms. The van der Waals surface area contributed by atoms with Crippen molar-refractivity contribution in [1.29, 1.82) is 0 Å². The van der Waals surface area contributed by atoms with Crippen LogP contribution in [0.15, 0.2) is 18.2 Å². The van der Waals surface area contributed by atoms with E-state index in [0.29, 0.717) is 0 Å². The quantitative estimate of drug-likeness (QED) is 0.845. The smallest absolute Gasteiger partial charge is 0.317 e. The first-order chi connectivity index (χ1) is 9.97. The predicted octanol–water partition coefficient (Wildman–Crippen LogP) is 2.11. The van der Waals surface area contributed by atoms with E-state index in [1.807, 2.05) is 0 Å². The molecule has 0 saturated heterocycles. The molecule has 114 valence electrons. The fourth-order valence-corrected chi connectivity index (χ4v) is 1.96. The molecule has 2 rings (SSSR count). The molecule has 7 heteroatoms. The Hall–Kier alpha value is -2.18. The Morgan fingerprint density at radius 2 is 2.05 bits per heavy atom. The maximum absolute atomic E-state index is 13.6. The number of hydrogen-bond donors (Lipinski definition) is 2. The van der Waals surface area contributed by atoms with E-state index in [4.69, 9.17) is 5.11 Å². The first-order valence-electron chi connectivity index (χ1n) is 6.67. The van der Waals surface area contributed by atoms with Gasteiger partial charge in [0.1, 0.15) is 11.6 Å². The lowest BCUT2D eigenvalue weighted by atomic mass is 10.2. The highest BCUT2D eigenvalue weighted by molar-refractivity contribution is 5.76. The van der Waals surface area contributed by atoms with Crippen molar-refractivity contribution in [3.05, 3.63) is 35.4 Å². The first-order valence-corrected chi connectivity index (χ1v) is 6.67. The third-order valence-electron chi connectivity index (χ3n) is 3.22. The summed E-state index contributed by atoms with van der Waals surface area (Å²) in [6.07, 6.45) is 1.49. The van der Waals surface area contributed by atoms with Crippen LogP contribution in [0, 0.1) is 11.6 Å². The van der Waals surface area contributed by atoms with E-state index in [0.717, 1.165) is 25.0 Å². The van der Waals surface area contributed by atoms with Gasteiger partial charge in [-0.1, -0.05) is 6.07 Å². The molecule has 0 unspecified atom stereocenters. The first kappa shape index (κ1) is 15.2. The second-order valence-electron chi connectivity index (χ2n) is 4.97. The van der Waals surface area contributed by atoms with Crippen LogP contribution >= 0.6 is 0 Å². The second-order valence-corrected chi connectivity index (χ2v) is 4.97. The highest BCUT2D eigenvalue weighted by Crippen LogP contribution is 2.28. The van der Waals surface area contributed by atoms with Crippen LogP contribution in [0.3, 0.4) is 0 Å². The summed E-state index contributed by atoms with van der Waals surface area (Å²) in [5.41, 5.74) is 0.233. The molecule has 1 saturated carbocycles. The Morgan fingerprint density at radius 1 is 1.33 bits per heavy atom. The van der Waals surface area contributed by atoms with Crippen molar-refractivity contribution < 1.29 is 23.5 Å². The largest absolute Gasteiger partial charge is 0.481 e. The van der Waals surface area contributed by atoms with Crippen LogP contribution in [0.25, 0.3) is 0 Å². The van der Waals surface area contributed by atoms with Crippen molar-refractivity contribution in [1.82, 2.24) is 10.2 Å². The van der Waals surface area contributed by atoms with Gasteiger partial charge in [0.25, 0.3) is 0 Å². The number of benzene rings is 1. The van der Waals surface area contributed by atoms with Gasteiger partial charge in [0.15, 0.2) is 0 Å². The van der Waals surface area contributed by atoms with Gasteiger partial charge in [-0.25, -0.2) is 13.6 Å². The van der Waals surface area contributed by atoms with Gasteiger partial charge in [-0.2, -0.15) is 0 Å². The molecule has 0 heterocycles. The van der Waals surface area contributed by atoms with E-state index in [1.54, 1.807) is 0 Å². The summed E-state index contributed by atoms with van der Waals surface area (Å²) >= 11 is 0. The molecule has 0 spiro atoms. The van der Waals surface area contributed by atoms with E-state index in [-0.39, 0.29) is 31.1 Å². The molecule has 0 atom stereocenters. The van der Waals surface area contributed by atoms with Gasteiger partial charge in [0.2, 0.25) is 0 Å². The molecule has 0 aliphatic heterocycles. The summed E-state index contributed by atoms with van der Waals surface area (Å²) in [5.74, 6) is -2.36. The minimum absolute atomic E-state index is 0.0171. The van der Waals surface area contributed by atoms with E-state index < -0.39 is 23.6 Å². The van der Waals surface area contributed by atoms with Gasteiger partial charge < -0.3 is 15.3 Å². The number of aliphatic carboxylic acids is 1. The Morgan fingerprint density at radius 3 is 2.62 bits per heavy atom. The molecule has 0 aromatic heterocycles. The lowest BCUT2D eigenvalue weighted by molar-refractivity contribution is -0.136. The second kappa shape index (κ2) is 6.51. The average molecular weight is 298 g/mol. The highest BCUT2D eigenvalue weighted by Gasteiger charge is 2.33. The van der Waals surface area contributed by atoms with Gasteiger partial charge in [-0.15, -0.1) is 0 Å². The highest BCUT2D eigenvalue weighted by atomic mass is 19.1. The van der Waals surface area contributed by atoms with E-state index in [9.17, 15) is 18.4 Å². The Balaban J connectivity index is 1.98. The van der Waals surface area contributed by atoms with Crippen LogP contribution in [0.5, 0.6) is 0 Å². The van der Waals surface area contributed by atoms with Crippen molar-refractivity contribution in [3.63, 3.8) is 0 Å². The van der Waals surface area contributed by atoms with Gasteiger partial charge in [0.05, 0.1) is 13.0 Å². The Kier molecular flexibility index (Phi) is 4.72. The summed E-state index contributed by atoms with van der Waals surface area (Å²) in [4.78, 5) is 23.9. The number of urea groups is 1. The summed E-state index contributed by atoms with van der Waals surface area (Å²) in [6.45, 7) is 0.0545. The molecule has 1 aliphatic rings. The van der Waals surface area contributed by atoms with Crippen LogP contribution in [0.4, 0.5) is 13.6 Å². The molecule has 2 amide bonds. The van der Waals surface area contributed by atoms with Crippen LogP contribution < -0.4 is 5.32 Å². The molecule has 0 bridgehead atoms. The van der Waals surface area contributed by atoms with Crippen LogP contribution in [0.1, 0.15) is 24.8 Å². The average Bonchev–Trinajstić information content (AvgIpc) is 3.21. The van der Waals surface area contributed by atoms with Crippen LogP contribution in [0.2, 0.25) is 0 Å². The van der Waals surface area contributed by atoms with Crippen LogP contribution in [-0.4, -0.2) is 34.6 Å². The normalized spacial score (nSPS) is 13.8. The number of nitrogens with zero attached hydrogens (tertiary/aromatic N) is 1. The lowest BCUT2D eigenvalue weighted by Gasteiger charge is -2.23. The number of hydrogen-bond acceptors (Lipinski definition) is 2. The molecule has 1 fully saturated rings. The number of nitrogens with one attached hydrogen (secondary N) is 1. The molecular formula is C14H16F2N2O3. The molecule has 1 aromatic carbocycles. The zero-order valence-corrected chi connectivity index (χ0v) is 11.3. The maximum Gasteiger partial charge on any atom is 0.317 e. The Bertz CT molecular complexity index is 547. The Labute approximate surface area is 120 Å². The zero-order chi connectivity index (χ0) is 15.4. The molecule has 2 N–H and O–H groups in total. The van der Waals surface area contributed by atoms with Crippen molar-refractivity contribution in [3.8, 4) is 0 Å². The maximum atomic E-state index is 13.6. The van der Waals surface area contributed by atoms with Gasteiger partial charge >= 0.3 is 12.0 Å². The standard InChI is InChI=1S/C14H16F2N2O3/c15-10-2-1-9(12(16)7-10)8-18(11-3-4-11)14(21)17-6-5-13(19)20/h1-2,7,11H,3-6,8H2,(H,17,21)(H,19,20). The van der Waals surface area contributed by atoms with Crippen LogP contribution in [-0.2, 0) is 11.3 Å². The fourth-order valence-electron chi connectivity index (χ4n) is 1.96. The van der Waals surface area contributed by atoms with Crippen molar-refractivity contribution in [2.45, 2.75) is 31.8 Å². The number of carboxylic acid groups (broad SMARTS) is 1. The third kappa shape index (κ3) is 4.40. The lowest BCUT2D eigenvalue weighted by Crippen LogP contribution is -2.41. The summed E-state index contributed by atoms with van der Waals surface area (Å²) in [7, 11) is 0. The number of amides is 2. The van der Waals surface area contributed by atoms with Gasteiger partial charge in [-0.05, 0) is 18.9 Å². The number of halogens is 2. The third-order valence-corrected chi connectivity index (χ3v) is 3.22. The van der Waals surface area contributed by atoms with Crippen molar-refractivity contribution in [2.75, 3.05) is 6.54 Å². The SMILES string of the molecule is O=C(O)CCNC(=O)N(Cc1ccc(F)cc1F)C1CC1. The molecule has 1 aliphatic carbocycles. The number of carbonyl (C=O) groups is 2. The minimum Gasteiger partial charge on any atom is -0.481 e. The zero-order valence-electron chi connectivity index (χ0n) is 11.3. The molecule has 1 aromatic rings. The molecule has 5 nitrogen and oxygen atoms in total. The van der Waals surface area contributed by atoms with E-state index in [2.05, 4.69) is 5.32 Å². The number of rotatable bonds is 6. The molecular weight excluding hydrogens is 282 g/mol. The monoisotopic (exact) mass is 298 g/mol. The predicted molar refractivity (Wildman–Crippen MR) is 70.6 cm³/mol. The topological polar surface area (TPSA) is 69.6 Å². The number of carboxylic acids is 1. The summed E-state index contributed by atoms with van der Waals surface area (Å²) in [6, 6.07) is 2.83. The number of carbonyl (C=O) groups excluding carboxylic acids is 1. The van der Waals surface area contributed by atoms with Crippen molar-refractivity contribution >= 4 is 12.0 Å². The summed E-state index contributed by atoms with van der Waals surface area (Å²) < 4.78 is 26.5. The van der Waals surface area contributed by atoms with Crippen molar-refractivity contribution in [2.24, 2.45) is 0 Å². The molecule has 0 radical (unpaired) electrons. The van der Waals surface area contributed by atoms with Gasteiger partial charge in [-0.3, -0.25) is 4.79 Å². The van der Waals surface area contributed by atoms with E-state index in [1.165, 1.54) is 11.0 Å². The summed E-state index contributed by atoms with van der Waals surface area (Å²) in [5, 5.41) is 11.0. The fraction of sp³-hybridized carbons (Fsp3) is 0.429. The van der Waals surface area contributed by atoms with Gasteiger partial charge in [0, 0.05) is 24.2 Å². The minimum atomic E-state index is -1.00.